The van der Waals surface area contributed by atoms with Crippen LogP contribution in [0, 0.1) is 0 Å². The van der Waals surface area contributed by atoms with Crippen LogP contribution in [-0.2, 0) is 11.1 Å². The summed E-state index contributed by atoms with van der Waals surface area (Å²) in [5, 5.41) is 0. The molecule has 0 bridgehead atoms. The molecule has 0 spiro atoms. The van der Waals surface area contributed by atoms with Gasteiger partial charge < -0.3 is 4.55 Å². The average molecular weight is 176 g/mol. The Morgan fingerprint density at radius 2 is 1.70 bits per heavy atom. The Morgan fingerprint density at radius 3 is 2.00 bits per heavy atom. The first kappa shape index (κ1) is 9.68. The van der Waals surface area contributed by atoms with Gasteiger partial charge in [-0.2, -0.15) is 13.5 Å². The Kier molecular flexibility index (Phi) is 4.34. The van der Waals surface area contributed by atoms with Crippen molar-refractivity contribution in [2.45, 2.75) is 4.90 Å². The third-order valence-corrected chi connectivity index (χ3v) is 1.62. The van der Waals surface area contributed by atoms with Gasteiger partial charge in [0.25, 0.3) is 0 Å². The lowest BCUT2D eigenvalue weighted by Gasteiger charge is -1.89. The van der Waals surface area contributed by atoms with E-state index in [0.29, 0.717) is 4.90 Å². The first-order chi connectivity index (χ1) is 4.30. The lowest BCUT2D eigenvalue weighted by molar-refractivity contribution is 0.564. The third kappa shape index (κ3) is 2.51. The summed E-state index contributed by atoms with van der Waals surface area (Å²) in [6, 6.07) is 8.47. The van der Waals surface area contributed by atoms with Crippen LogP contribution in [0.4, 0.5) is 0 Å². The molecular formula is C6H8O2S2. The number of rotatable bonds is 1. The molecular weight excluding hydrogens is 168 g/mol. The second-order valence-electron chi connectivity index (χ2n) is 1.56. The smallest absolute Gasteiger partial charge is 0.186 e. The minimum absolute atomic E-state index is 0. The van der Waals surface area contributed by atoms with Gasteiger partial charge in [-0.15, -0.1) is 0 Å². The highest BCUT2D eigenvalue weighted by molar-refractivity contribution is 7.79. The standard InChI is InChI=1S/C6H6O2S.H2S/c7-9(8)6-4-2-1-3-5-6;/h1-5H,(H,7,8);1H2. The molecule has 0 radical (unpaired) electrons. The van der Waals surface area contributed by atoms with Gasteiger partial charge in [-0.1, -0.05) is 18.2 Å². The minimum atomic E-state index is -1.83. The van der Waals surface area contributed by atoms with Crippen LogP contribution >= 0.6 is 13.5 Å². The van der Waals surface area contributed by atoms with Crippen LogP contribution in [0.15, 0.2) is 35.2 Å². The predicted molar refractivity (Wildman–Crippen MR) is 45.9 cm³/mol. The van der Waals surface area contributed by atoms with Crippen molar-refractivity contribution >= 4 is 24.6 Å². The Labute approximate surface area is 69.0 Å². The third-order valence-electron chi connectivity index (χ3n) is 0.945. The van der Waals surface area contributed by atoms with Gasteiger partial charge in [0.05, 0.1) is 4.90 Å². The number of hydrogen-bond donors (Lipinski definition) is 1. The van der Waals surface area contributed by atoms with Crippen LogP contribution in [0.2, 0.25) is 0 Å². The molecule has 0 aromatic heterocycles. The molecule has 0 heterocycles. The van der Waals surface area contributed by atoms with Crippen molar-refractivity contribution in [3.8, 4) is 0 Å². The summed E-state index contributed by atoms with van der Waals surface area (Å²) in [7, 11) is 0. The fraction of sp³-hybridized carbons (Fsp3) is 0. The van der Waals surface area contributed by atoms with E-state index in [1.165, 1.54) is 0 Å². The molecule has 0 aliphatic carbocycles. The van der Waals surface area contributed by atoms with Crippen molar-refractivity contribution in [3.63, 3.8) is 0 Å². The Balaban J connectivity index is 0.000000810. The van der Waals surface area contributed by atoms with E-state index in [0.717, 1.165) is 0 Å². The molecule has 1 aromatic rings. The summed E-state index contributed by atoms with van der Waals surface area (Å²) in [5.74, 6) is 0. The van der Waals surface area contributed by atoms with E-state index in [4.69, 9.17) is 4.55 Å². The average Bonchev–Trinajstić information content (AvgIpc) is 1.90. The zero-order valence-electron chi connectivity index (χ0n) is 5.15. The largest absolute Gasteiger partial charge is 0.302 e. The van der Waals surface area contributed by atoms with Gasteiger partial charge in [0.1, 0.15) is 0 Å². The zero-order chi connectivity index (χ0) is 6.69. The zero-order valence-corrected chi connectivity index (χ0v) is 6.97. The highest BCUT2D eigenvalue weighted by atomic mass is 32.2. The summed E-state index contributed by atoms with van der Waals surface area (Å²) in [5.41, 5.74) is 0. The molecule has 1 atom stereocenters. The van der Waals surface area contributed by atoms with Gasteiger partial charge in [0.2, 0.25) is 0 Å². The summed E-state index contributed by atoms with van der Waals surface area (Å²) in [6.07, 6.45) is 0. The maximum Gasteiger partial charge on any atom is 0.186 e. The fourth-order valence-electron chi connectivity index (χ4n) is 0.537. The molecule has 0 fully saturated rings. The summed E-state index contributed by atoms with van der Waals surface area (Å²) < 4.78 is 18.8. The van der Waals surface area contributed by atoms with Crippen LogP contribution in [0.1, 0.15) is 0 Å². The Hall–Kier alpha value is -0.320. The van der Waals surface area contributed by atoms with Crippen molar-refractivity contribution in [2.75, 3.05) is 0 Å². The normalized spacial score (nSPS) is 11.7. The van der Waals surface area contributed by atoms with E-state index in [1.807, 2.05) is 0 Å². The second kappa shape index (κ2) is 4.49. The van der Waals surface area contributed by atoms with Gasteiger partial charge >= 0.3 is 0 Å². The molecule has 0 saturated carbocycles. The molecule has 1 N–H and O–H groups in total. The quantitative estimate of drug-likeness (QED) is 0.656. The molecule has 56 valence electrons. The molecule has 0 aliphatic rings. The van der Waals surface area contributed by atoms with Crippen LogP contribution < -0.4 is 0 Å². The van der Waals surface area contributed by atoms with Crippen LogP contribution in [0.3, 0.4) is 0 Å². The number of hydrogen-bond acceptors (Lipinski definition) is 1. The first-order valence-corrected chi connectivity index (χ1v) is 3.57. The van der Waals surface area contributed by atoms with Crippen molar-refractivity contribution in [3.05, 3.63) is 30.3 Å². The molecule has 1 unspecified atom stereocenters. The maximum atomic E-state index is 10.3. The summed E-state index contributed by atoms with van der Waals surface area (Å²) in [4.78, 5) is 0.442. The molecule has 0 saturated heterocycles. The van der Waals surface area contributed by atoms with Gasteiger partial charge in [-0.25, -0.2) is 4.21 Å². The van der Waals surface area contributed by atoms with Crippen LogP contribution in [0.25, 0.3) is 0 Å². The first-order valence-electron chi connectivity index (χ1n) is 2.46. The van der Waals surface area contributed by atoms with Gasteiger partial charge in [-0.05, 0) is 12.1 Å². The Bertz CT molecular complexity index is 210. The van der Waals surface area contributed by atoms with Crippen molar-refractivity contribution in [1.29, 1.82) is 0 Å². The highest BCUT2D eigenvalue weighted by Gasteiger charge is 1.93. The summed E-state index contributed by atoms with van der Waals surface area (Å²) >= 11 is -1.83. The van der Waals surface area contributed by atoms with E-state index < -0.39 is 11.1 Å². The van der Waals surface area contributed by atoms with Crippen LogP contribution in [-0.4, -0.2) is 8.76 Å². The molecule has 0 aliphatic heterocycles. The van der Waals surface area contributed by atoms with E-state index in [2.05, 4.69) is 0 Å². The van der Waals surface area contributed by atoms with Crippen molar-refractivity contribution in [2.24, 2.45) is 0 Å². The molecule has 4 heteroatoms. The van der Waals surface area contributed by atoms with Crippen molar-refractivity contribution < 1.29 is 8.76 Å². The summed E-state index contributed by atoms with van der Waals surface area (Å²) in [6.45, 7) is 0. The minimum Gasteiger partial charge on any atom is -0.302 e. The lowest BCUT2D eigenvalue weighted by atomic mass is 10.4. The topological polar surface area (TPSA) is 37.3 Å². The van der Waals surface area contributed by atoms with Gasteiger partial charge in [0, 0.05) is 0 Å². The number of benzene rings is 1. The monoisotopic (exact) mass is 176 g/mol. The van der Waals surface area contributed by atoms with Crippen LogP contribution in [0.5, 0.6) is 0 Å². The van der Waals surface area contributed by atoms with Crippen molar-refractivity contribution in [1.82, 2.24) is 0 Å². The van der Waals surface area contributed by atoms with Gasteiger partial charge in [-0.3, -0.25) is 0 Å². The molecule has 1 rings (SSSR count). The Morgan fingerprint density at radius 1 is 1.20 bits per heavy atom. The predicted octanol–water partition coefficient (Wildman–Crippen LogP) is 1.38. The SMILES string of the molecule is O=S(O)c1ccccc1.S. The second-order valence-corrected chi connectivity index (χ2v) is 2.53. The van der Waals surface area contributed by atoms with E-state index in [9.17, 15) is 4.21 Å². The van der Waals surface area contributed by atoms with E-state index >= 15 is 0 Å². The van der Waals surface area contributed by atoms with E-state index in [1.54, 1.807) is 30.3 Å². The van der Waals surface area contributed by atoms with E-state index in [-0.39, 0.29) is 13.5 Å². The fourth-order valence-corrected chi connectivity index (χ4v) is 0.927. The molecule has 0 amide bonds. The maximum absolute atomic E-state index is 10.3. The molecule has 2 nitrogen and oxygen atoms in total. The highest BCUT2D eigenvalue weighted by Crippen LogP contribution is 2.00. The molecule has 1 aromatic carbocycles. The lowest BCUT2D eigenvalue weighted by Crippen LogP contribution is -1.84. The van der Waals surface area contributed by atoms with Gasteiger partial charge in [0.15, 0.2) is 11.1 Å². The molecule has 10 heavy (non-hydrogen) atoms.